The fourth-order valence-corrected chi connectivity index (χ4v) is 3.80. The molecule has 1 aliphatic rings. The van der Waals surface area contributed by atoms with Crippen molar-refractivity contribution in [1.29, 1.82) is 0 Å². The van der Waals surface area contributed by atoms with Crippen LogP contribution in [0, 0.1) is 6.92 Å². The molecule has 0 bridgehead atoms. The molecule has 0 N–H and O–H groups in total. The van der Waals surface area contributed by atoms with Crippen molar-refractivity contribution in [2.75, 3.05) is 47.0 Å². The van der Waals surface area contributed by atoms with Gasteiger partial charge in [0.25, 0.3) is 5.91 Å². The second-order valence-electron chi connectivity index (χ2n) is 7.81. The van der Waals surface area contributed by atoms with Crippen LogP contribution in [0.5, 0.6) is 17.2 Å². The molecule has 2 aromatic rings. The lowest BCUT2D eigenvalue weighted by Gasteiger charge is -2.22. The molecule has 0 aromatic heterocycles. The fourth-order valence-electron chi connectivity index (χ4n) is 3.80. The maximum Gasteiger partial charge on any atom is 0.254 e. The zero-order valence-electron chi connectivity index (χ0n) is 19.1. The van der Waals surface area contributed by atoms with E-state index in [1.165, 1.54) is 0 Å². The van der Waals surface area contributed by atoms with Gasteiger partial charge in [0.1, 0.15) is 5.75 Å². The predicted octanol–water partition coefficient (Wildman–Crippen LogP) is 3.55. The van der Waals surface area contributed by atoms with Crippen molar-refractivity contribution < 1.29 is 23.8 Å². The number of benzene rings is 2. The Balaban J connectivity index is 1.48. The minimum atomic E-state index is -0.0631. The van der Waals surface area contributed by atoms with E-state index in [0.717, 1.165) is 17.7 Å². The van der Waals surface area contributed by atoms with Gasteiger partial charge in [-0.3, -0.25) is 9.59 Å². The highest BCUT2D eigenvalue weighted by Gasteiger charge is 2.23. The molecule has 1 fully saturated rings. The van der Waals surface area contributed by atoms with Gasteiger partial charge in [-0.1, -0.05) is 18.2 Å². The standard InChI is InChI=1S/C25H32N2O5/c1-19-8-4-5-9-21(19)32-17-6-10-24(28)26-13-7-14-27(16-15-26)25(29)20-11-12-22(30-2)23(18-20)31-3/h4-5,8-9,11-12,18H,6-7,10,13-17H2,1-3H3. The van der Waals surface area contributed by atoms with Gasteiger partial charge in [0, 0.05) is 38.2 Å². The van der Waals surface area contributed by atoms with Crippen molar-refractivity contribution in [2.24, 2.45) is 0 Å². The molecule has 7 nitrogen and oxygen atoms in total. The smallest absolute Gasteiger partial charge is 0.254 e. The Labute approximate surface area is 189 Å². The number of nitrogens with zero attached hydrogens (tertiary/aromatic N) is 2. The summed E-state index contributed by atoms with van der Waals surface area (Å²) in [4.78, 5) is 29.3. The molecule has 172 valence electrons. The summed E-state index contributed by atoms with van der Waals surface area (Å²) in [6.45, 7) is 4.84. The number of aryl methyl sites for hydroxylation is 1. The molecule has 0 saturated carbocycles. The first-order valence-electron chi connectivity index (χ1n) is 11.0. The molecule has 0 aliphatic carbocycles. The average molecular weight is 441 g/mol. The summed E-state index contributed by atoms with van der Waals surface area (Å²) in [5.41, 5.74) is 1.64. The minimum absolute atomic E-state index is 0.0631. The molecule has 0 radical (unpaired) electrons. The van der Waals surface area contributed by atoms with Crippen molar-refractivity contribution in [1.82, 2.24) is 9.80 Å². The average Bonchev–Trinajstić information content (AvgIpc) is 3.08. The van der Waals surface area contributed by atoms with Gasteiger partial charge >= 0.3 is 0 Å². The van der Waals surface area contributed by atoms with E-state index in [4.69, 9.17) is 14.2 Å². The molecule has 0 atom stereocenters. The minimum Gasteiger partial charge on any atom is -0.493 e. The molecule has 1 heterocycles. The summed E-state index contributed by atoms with van der Waals surface area (Å²) < 4.78 is 16.3. The van der Waals surface area contributed by atoms with Gasteiger partial charge in [-0.2, -0.15) is 0 Å². The summed E-state index contributed by atoms with van der Waals surface area (Å²) in [7, 11) is 3.11. The first kappa shape index (κ1) is 23.4. The van der Waals surface area contributed by atoms with Crippen LogP contribution in [0.1, 0.15) is 35.2 Å². The number of hydrogen-bond donors (Lipinski definition) is 0. The predicted molar refractivity (Wildman–Crippen MR) is 123 cm³/mol. The normalized spacial score (nSPS) is 14.0. The summed E-state index contributed by atoms with van der Waals surface area (Å²) in [6.07, 6.45) is 1.86. The zero-order chi connectivity index (χ0) is 22.9. The monoisotopic (exact) mass is 440 g/mol. The van der Waals surface area contributed by atoms with Crippen LogP contribution in [-0.2, 0) is 4.79 Å². The van der Waals surface area contributed by atoms with Gasteiger partial charge < -0.3 is 24.0 Å². The second kappa shape index (κ2) is 11.4. The number of carbonyl (C=O) groups is 2. The van der Waals surface area contributed by atoms with Gasteiger partial charge in [0.2, 0.25) is 5.91 Å². The first-order valence-corrected chi connectivity index (χ1v) is 11.0. The molecular weight excluding hydrogens is 408 g/mol. The van der Waals surface area contributed by atoms with E-state index >= 15 is 0 Å². The number of rotatable bonds is 8. The largest absolute Gasteiger partial charge is 0.493 e. The molecule has 0 spiro atoms. The van der Waals surface area contributed by atoms with Crippen molar-refractivity contribution in [2.45, 2.75) is 26.2 Å². The topological polar surface area (TPSA) is 68.3 Å². The SMILES string of the molecule is COc1ccc(C(=O)N2CCCN(C(=O)CCCOc3ccccc3C)CC2)cc1OC. The number of ether oxygens (including phenoxy) is 3. The summed E-state index contributed by atoms with van der Waals surface area (Å²) in [5, 5.41) is 0. The molecule has 32 heavy (non-hydrogen) atoms. The Morgan fingerprint density at radius 1 is 0.875 bits per heavy atom. The zero-order valence-corrected chi connectivity index (χ0v) is 19.1. The molecule has 7 heteroatoms. The van der Waals surface area contributed by atoms with Crippen molar-refractivity contribution >= 4 is 11.8 Å². The van der Waals surface area contributed by atoms with E-state index in [2.05, 4.69) is 0 Å². The Bertz CT molecular complexity index is 930. The van der Waals surface area contributed by atoms with Crippen LogP contribution in [0.3, 0.4) is 0 Å². The van der Waals surface area contributed by atoms with Crippen molar-refractivity contribution in [3.05, 3.63) is 53.6 Å². The van der Waals surface area contributed by atoms with Crippen LogP contribution in [0.4, 0.5) is 0 Å². The van der Waals surface area contributed by atoms with E-state index in [1.807, 2.05) is 36.1 Å². The molecule has 2 aromatic carbocycles. The van der Waals surface area contributed by atoms with E-state index in [1.54, 1.807) is 37.3 Å². The third-order valence-corrected chi connectivity index (χ3v) is 5.65. The number of hydrogen-bond acceptors (Lipinski definition) is 5. The van der Waals surface area contributed by atoms with Gasteiger partial charge in [0.05, 0.1) is 20.8 Å². The molecule has 1 saturated heterocycles. The van der Waals surface area contributed by atoms with E-state index in [-0.39, 0.29) is 11.8 Å². The van der Waals surface area contributed by atoms with Crippen LogP contribution in [0.25, 0.3) is 0 Å². The summed E-state index contributed by atoms with van der Waals surface area (Å²) >= 11 is 0. The Kier molecular flexibility index (Phi) is 8.36. The fraction of sp³-hybridized carbons (Fsp3) is 0.440. The number of carbonyl (C=O) groups excluding carboxylic acids is 2. The van der Waals surface area contributed by atoms with Crippen LogP contribution in [-0.4, -0.2) is 68.6 Å². The highest BCUT2D eigenvalue weighted by molar-refractivity contribution is 5.95. The second-order valence-corrected chi connectivity index (χ2v) is 7.81. The van der Waals surface area contributed by atoms with Gasteiger partial charge in [-0.05, 0) is 49.6 Å². The Morgan fingerprint density at radius 2 is 1.59 bits per heavy atom. The lowest BCUT2D eigenvalue weighted by Crippen LogP contribution is -2.37. The summed E-state index contributed by atoms with van der Waals surface area (Å²) in [6, 6.07) is 13.0. The van der Waals surface area contributed by atoms with E-state index in [0.29, 0.717) is 62.7 Å². The Morgan fingerprint density at radius 3 is 2.34 bits per heavy atom. The first-order chi connectivity index (χ1) is 15.5. The Hall–Kier alpha value is -3.22. The lowest BCUT2D eigenvalue weighted by molar-refractivity contribution is -0.131. The van der Waals surface area contributed by atoms with Crippen molar-refractivity contribution in [3.63, 3.8) is 0 Å². The lowest BCUT2D eigenvalue weighted by atomic mass is 10.1. The van der Waals surface area contributed by atoms with E-state index < -0.39 is 0 Å². The van der Waals surface area contributed by atoms with Gasteiger partial charge in [0.15, 0.2) is 11.5 Å². The van der Waals surface area contributed by atoms with Gasteiger partial charge in [-0.15, -0.1) is 0 Å². The van der Waals surface area contributed by atoms with Crippen LogP contribution in [0.15, 0.2) is 42.5 Å². The molecule has 1 aliphatic heterocycles. The third-order valence-electron chi connectivity index (χ3n) is 5.65. The highest BCUT2D eigenvalue weighted by Crippen LogP contribution is 2.28. The molecule has 3 rings (SSSR count). The van der Waals surface area contributed by atoms with Gasteiger partial charge in [-0.25, -0.2) is 0 Å². The summed E-state index contributed by atoms with van der Waals surface area (Å²) in [5.74, 6) is 2.02. The van der Waals surface area contributed by atoms with E-state index in [9.17, 15) is 9.59 Å². The number of amides is 2. The van der Waals surface area contributed by atoms with Crippen LogP contribution < -0.4 is 14.2 Å². The molecular formula is C25H32N2O5. The molecule has 0 unspecified atom stereocenters. The maximum absolute atomic E-state index is 13.0. The van der Waals surface area contributed by atoms with Crippen molar-refractivity contribution in [3.8, 4) is 17.2 Å². The third kappa shape index (κ3) is 5.93. The highest BCUT2D eigenvalue weighted by atomic mass is 16.5. The van der Waals surface area contributed by atoms with Crippen LogP contribution in [0.2, 0.25) is 0 Å². The molecule has 2 amide bonds. The number of methoxy groups -OCH3 is 2. The maximum atomic E-state index is 13.0. The number of para-hydroxylation sites is 1. The van der Waals surface area contributed by atoms with Crippen LogP contribution >= 0.6 is 0 Å². The quantitative estimate of drug-likeness (QED) is 0.588.